The lowest BCUT2D eigenvalue weighted by Gasteiger charge is -2.05. The summed E-state index contributed by atoms with van der Waals surface area (Å²) in [5, 5.41) is 1.89. The number of rotatable bonds is 3. The van der Waals surface area contributed by atoms with E-state index in [-0.39, 0.29) is 12.4 Å². The molecule has 78 valence electrons. The lowest BCUT2D eigenvalue weighted by atomic mass is 10.2. The van der Waals surface area contributed by atoms with Crippen molar-refractivity contribution in [1.82, 2.24) is 4.98 Å². The van der Waals surface area contributed by atoms with Gasteiger partial charge in [0.05, 0.1) is 0 Å². The van der Waals surface area contributed by atoms with Gasteiger partial charge in [0, 0.05) is 28.6 Å². The van der Waals surface area contributed by atoms with E-state index in [0.717, 1.165) is 9.24 Å². The van der Waals surface area contributed by atoms with Crippen molar-refractivity contribution in [3.05, 3.63) is 41.2 Å². The van der Waals surface area contributed by atoms with Crippen molar-refractivity contribution in [1.29, 1.82) is 0 Å². The third-order valence-electron chi connectivity index (χ3n) is 1.89. The lowest BCUT2D eigenvalue weighted by Crippen LogP contribution is -2.01. The Morgan fingerprint density at radius 3 is 3.00 bits per heavy atom. The number of benzene rings is 1. The Morgan fingerprint density at radius 1 is 1.47 bits per heavy atom. The molecular weight excluding hydrogens is 231 g/mol. The summed E-state index contributed by atoms with van der Waals surface area (Å²) in [5.41, 5.74) is 6.06. The topological polar surface area (TPSA) is 38.9 Å². The highest BCUT2D eigenvalue weighted by Gasteiger charge is 2.08. The first-order valence-corrected chi connectivity index (χ1v) is 6.05. The fourth-order valence-corrected chi connectivity index (χ4v) is 2.93. The first-order valence-electron chi connectivity index (χ1n) is 4.36. The quantitative estimate of drug-likeness (QED) is 0.896. The van der Waals surface area contributed by atoms with Gasteiger partial charge in [0.15, 0.2) is 4.34 Å². The number of aromatic nitrogens is 1. The first-order chi connectivity index (χ1) is 7.31. The van der Waals surface area contributed by atoms with Crippen LogP contribution in [0.1, 0.15) is 5.56 Å². The molecule has 2 N–H and O–H groups in total. The highest BCUT2D eigenvalue weighted by molar-refractivity contribution is 8.01. The Hall–Kier alpha value is -0.910. The normalized spacial score (nSPS) is 10.5. The average Bonchev–Trinajstić information content (AvgIpc) is 2.71. The van der Waals surface area contributed by atoms with Crippen molar-refractivity contribution in [3.63, 3.8) is 0 Å². The van der Waals surface area contributed by atoms with Crippen molar-refractivity contribution < 1.29 is 4.39 Å². The van der Waals surface area contributed by atoms with E-state index in [1.165, 1.54) is 29.2 Å². The number of nitrogens with zero attached hydrogens (tertiary/aromatic N) is 1. The third kappa shape index (κ3) is 2.37. The summed E-state index contributed by atoms with van der Waals surface area (Å²) < 4.78 is 14.3. The molecule has 0 bridgehead atoms. The van der Waals surface area contributed by atoms with Gasteiger partial charge in [-0.05, 0) is 12.1 Å². The summed E-state index contributed by atoms with van der Waals surface area (Å²) in [6, 6.07) is 4.97. The molecule has 0 unspecified atom stereocenters. The second-order valence-corrected chi connectivity index (χ2v) is 5.00. The van der Waals surface area contributed by atoms with E-state index in [2.05, 4.69) is 4.98 Å². The molecule has 0 saturated heterocycles. The van der Waals surface area contributed by atoms with Crippen LogP contribution in [-0.2, 0) is 6.54 Å². The molecule has 0 atom stereocenters. The third-order valence-corrected chi connectivity index (χ3v) is 3.87. The predicted octanol–water partition coefficient (Wildman–Crippen LogP) is 2.89. The summed E-state index contributed by atoms with van der Waals surface area (Å²) in [5.74, 6) is -0.251. The van der Waals surface area contributed by atoms with Crippen LogP contribution >= 0.6 is 23.1 Å². The Balaban J connectivity index is 2.32. The highest BCUT2D eigenvalue weighted by Crippen LogP contribution is 2.32. The Labute approximate surface area is 95.3 Å². The molecule has 0 saturated carbocycles. The smallest absolute Gasteiger partial charge is 0.154 e. The second kappa shape index (κ2) is 4.74. The molecule has 5 heteroatoms. The average molecular weight is 240 g/mol. The second-order valence-electron chi connectivity index (χ2n) is 2.82. The summed E-state index contributed by atoms with van der Waals surface area (Å²) >= 11 is 2.98. The fourth-order valence-electron chi connectivity index (χ4n) is 1.19. The molecule has 0 aliphatic carbocycles. The van der Waals surface area contributed by atoms with Crippen molar-refractivity contribution in [2.75, 3.05) is 0 Å². The van der Waals surface area contributed by atoms with Crippen LogP contribution in [0.3, 0.4) is 0 Å². The van der Waals surface area contributed by atoms with E-state index in [1.807, 2.05) is 11.4 Å². The van der Waals surface area contributed by atoms with Crippen molar-refractivity contribution >= 4 is 23.1 Å². The SMILES string of the molecule is NCc1c(F)cccc1Sc1nccs1. The number of hydrogen-bond acceptors (Lipinski definition) is 4. The summed E-state index contributed by atoms with van der Waals surface area (Å²) in [6.45, 7) is 0.209. The van der Waals surface area contributed by atoms with E-state index in [0.29, 0.717) is 5.56 Å². The minimum atomic E-state index is -0.251. The van der Waals surface area contributed by atoms with Crippen LogP contribution in [0.4, 0.5) is 4.39 Å². The number of nitrogens with two attached hydrogens (primary N) is 1. The van der Waals surface area contributed by atoms with Crippen LogP contribution < -0.4 is 5.73 Å². The monoisotopic (exact) mass is 240 g/mol. The van der Waals surface area contributed by atoms with Crippen molar-refractivity contribution in [3.8, 4) is 0 Å². The molecule has 2 aromatic rings. The van der Waals surface area contributed by atoms with Gasteiger partial charge in [0.25, 0.3) is 0 Å². The van der Waals surface area contributed by atoms with Crippen LogP contribution in [-0.4, -0.2) is 4.98 Å². The van der Waals surface area contributed by atoms with Crippen molar-refractivity contribution in [2.45, 2.75) is 15.8 Å². The van der Waals surface area contributed by atoms with Gasteiger partial charge in [-0.25, -0.2) is 9.37 Å². The van der Waals surface area contributed by atoms with E-state index in [1.54, 1.807) is 12.3 Å². The van der Waals surface area contributed by atoms with Crippen molar-refractivity contribution in [2.24, 2.45) is 5.73 Å². The van der Waals surface area contributed by atoms with Crippen LogP contribution in [0.5, 0.6) is 0 Å². The minimum Gasteiger partial charge on any atom is -0.326 e. The maximum absolute atomic E-state index is 13.4. The van der Waals surface area contributed by atoms with Gasteiger partial charge in [-0.15, -0.1) is 11.3 Å². The van der Waals surface area contributed by atoms with Crippen LogP contribution in [0.25, 0.3) is 0 Å². The molecule has 2 nitrogen and oxygen atoms in total. The fraction of sp³-hybridized carbons (Fsp3) is 0.100. The summed E-state index contributed by atoms with van der Waals surface area (Å²) in [6.07, 6.45) is 1.73. The molecule has 0 fully saturated rings. The predicted molar refractivity (Wildman–Crippen MR) is 60.5 cm³/mol. The Kier molecular flexibility index (Phi) is 3.35. The van der Waals surface area contributed by atoms with Crippen LogP contribution in [0, 0.1) is 5.82 Å². The zero-order chi connectivity index (χ0) is 10.7. The van der Waals surface area contributed by atoms with E-state index < -0.39 is 0 Å². The highest BCUT2D eigenvalue weighted by atomic mass is 32.2. The van der Waals surface area contributed by atoms with Crippen LogP contribution in [0.2, 0.25) is 0 Å². The van der Waals surface area contributed by atoms with E-state index >= 15 is 0 Å². The van der Waals surface area contributed by atoms with Gasteiger partial charge < -0.3 is 5.73 Å². The zero-order valence-corrected chi connectivity index (χ0v) is 9.45. The number of halogens is 1. The van der Waals surface area contributed by atoms with Gasteiger partial charge in [0.2, 0.25) is 0 Å². The van der Waals surface area contributed by atoms with Crippen LogP contribution in [0.15, 0.2) is 39.0 Å². The molecule has 0 aliphatic rings. The number of thiazole rings is 1. The minimum absolute atomic E-state index is 0.209. The van der Waals surface area contributed by atoms with Gasteiger partial charge in [0.1, 0.15) is 5.82 Å². The summed E-state index contributed by atoms with van der Waals surface area (Å²) in [4.78, 5) is 4.98. The summed E-state index contributed by atoms with van der Waals surface area (Å²) in [7, 11) is 0. The van der Waals surface area contributed by atoms with E-state index in [9.17, 15) is 4.39 Å². The zero-order valence-electron chi connectivity index (χ0n) is 7.81. The maximum Gasteiger partial charge on any atom is 0.154 e. The molecule has 15 heavy (non-hydrogen) atoms. The van der Waals surface area contributed by atoms with Gasteiger partial charge in [-0.2, -0.15) is 0 Å². The Bertz CT molecular complexity index is 443. The molecule has 2 rings (SSSR count). The van der Waals surface area contributed by atoms with Gasteiger partial charge in [-0.3, -0.25) is 0 Å². The molecule has 1 aromatic heterocycles. The molecule has 0 spiro atoms. The maximum atomic E-state index is 13.4. The molecular formula is C10H9FN2S2. The van der Waals surface area contributed by atoms with E-state index in [4.69, 9.17) is 5.73 Å². The molecule has 1 aromatic carbocycles. The number of hydrogen-bond donors (Lipinski definition) is 1. The van der Waals surface area contributed by atoms with Gasteiger partial charge >= 0.3 is 0 Å². The first kappa shape index (κ1) is 10.6. The molecule has 0 aliphatic heterocycles. The molecule has 0 radical (unpaired) electrons. The standard InChI is InChI=1S/C10H9FN2S2/c11-8-2-1-3-9(7(8)6-12)15-10-13-4-5-14-10/h1-5H,6,12H2. The molecule has 1 heterocycles. The van der Waals surface area contributed by atoms with Gasteiger partial charge in [-0.1, -0.05) is 17.8 Å². The lowest BCUT2D eigenvalue weighted by molar-refractivity contribution is 0.604. The molecule has 0 amide bonds. The Morgan fingerprint density at radius 2 is 2.33 bits per heavy atom. The largest absolute Gasteiger partial charge is 0.326 e.